The summed E-state index contributed by atoms with van der Waals surface area (Å²) in [4.78, 5) is 16.3. The molecular formula is C21H21F3N4O2. The van der Waals surface area contributed by atoms with Gasteiger partial charge in [0.1, 0.15) is 5.75 Å². The number of rotatable bonds is 6. The second kappa shape index (κ2) is 8.56. The van der Waals surface area contributed by atoms with Gasteiger partial charge in [0, 0.05) is 24.0 Å². The van der Waals surface area contributed by atoms with Crippen molar-refractivity contribution in [3.05, 3.63) is 70.7 Å². The van der Waals surface area contributed by atoms with Crippen molar-refractivity contribution in [2.24, 2.45) is 0 Å². The highest BCUT2D eigenvalue weighted by Crippen LogP contribution is 2.29. The molecule has 6 nitrogen and oxygen atoms in total. The minimum absolute atomic E-state index is 0.0995. The predicted molar refractivity (Wildman–Crippen MR) is 104 cm³/mol. The van der Waals surface area contributed by atoms with Crippen molar-refractivity contribution >= 4 is 5.91 Å². The molecule has 0 spiro atoms. The van der Waals surface area contributed by atoms with Crippen molar-refractivity contribution in [1.29, 1.82) is 0 Å². The van der Waals surface area contributed by atoms with E-state index in [1.165, 1.54) is 10.7 Å². The number of aryl methyl sites for hydroxylation is 1. The van der Waals surface area contributed by atoms with Crippen LogP contribution < -0.4 is 10.1 Å². The molecule has 0 atom stereocenters. The number of pyridine rings is 1. The Hall–Kier alpha value is -3.36. The standard InChI is InChI=1S/C21H21F3N4O2/c1-13-18(10-20(29)26-11-15-5-4-6-17(9-15)30-3)14(2)28(27-13)19-8-7-16(12-25-19)21(22,23)24/h4-9,12H,10-11H2,1-3H3,(H,26,29). The Morgan fingerprint density at radius 1 is 1.20 bits per heavy atom. The van der Waals surface area contributed by atoms with E-state index in [9.17, 15) is 18.0 Å². The van der Waals surface area contributed by atoms with Crippen LogP contribution >= 0.6 is 0 Å². The van der Waals surface area contributed by atoms with Gasteiger partial charge in [-0.3, -0.25) is 4.79 Å². The summed E-state index contributed by atoms with van der Waals surface area (Å²) in [7, 11) is 1.58. The highest BCUT2D eigenvalue weighted by Gasteiger charge is 2.30. The molecule has 0 bridgehead atoms. The van der Waals surface area contributed by atoms with Gasteiger partial charge in [-0.1, -0.05) is 12.1 Å². The third kappa shape index (κ3) is 4.79. The first kappa shape index (κ1) is 21.4. The largest absolute Gasteiger partial charge is 0.497 e. The van der Waals surface area contributed by atoms with Crippen molar-refractivity contribution in [2.75, 3.05) is 7.11 Å². The zero-order valence-corrected chi connectivity index (χ0v) is 16.7. The number of nitrogens with zero attached hydrogens (tertiary/aromatic N) is 3. The number of carbonyl (C=O) groups excluding carboxylic acids is 1. The first-order valence-electron chi connectivity index (χ1n) is 9.17. The maximum atomic E-state index is 12.7. The molecule has 2 heterocycles. The van der Waals surface area contributed by atoms with Crippen LogP contribution in [0, 0.1) is 13.8 Å². The molecule has 1 aromatic carbocycles. The molecule has 3 aromatic rings. The quantitative estimate of drug-likeness (QED) is 0.662. The van der Waals surface area contributed by atoms with Crippen molar-refractivity contribution in [3.8, 4) is 11.6 Å². The van der Waals surface area contributed by atoms with Gasteiger partial charge in [0.2, 0.25) is 5.91 Å². The number of hydrogen-bond donors (Lipinski definition) is 1. The van der Waals surface area contributed by atoms with Crippen LogP contribution in [0.3, 0.4) is 0 Å². The Morgan fingerprint density at radius 3 is 2.60 bits per heavy atom. The van der Waals surface area contributed by atoms with Crippen LogP contribution in [-0.4, -0.2) is 27.8 Å². The summed E-state index contributed by atoms with van der Waals surface area (Å²) in [5.41, 5.74) is 2.05. The highest BCUT2D eigenvalue weighted by atomic mass is 19.4. The van der Waals surface area contributed by atoms with Gasteiger partial charge in [-0.2, -0.15) is 18.3 Å². The summed E-state index contributed by atoms with van der Waals surface area (Å²) >= 11 is 0. The first-order valence-corrected chi connectivity index (χ1v) is 9.17. The molecule has 30 heavy (non-hydrogen) atoms. The fourth-order valence-corrected chi connectivity index (χ4v) is 3.04. The molecule has 1 N–H and O–H groups in total. The van der Waals surface area contributed by atoms with Crippen molar-refractivity contribution < 1.29 is 22.7 Å². The van der Waals surface area contributed by atoms with Gasteiger partial charge in [0.25, 0.3) is 0 Å². The number of aromatic nitrogens is 3. The summed E-state index contributed by atoms with van der Waals surface area (Å²) in [6.45, 7) is 3.85. The third-order valence-corrected chi connectivity index (χ3v) is 4.69. The molecule has 158 valence electrons. The fraction of sp³-hybridized carbons (Fsp3) is 0.286. The smallest absolute Gasteiger partial charge is 0.417 e. The molecule has 9 heteroatoms. The summed E-state index contributed by atoms with van der Waals surface area (Å²) in [6.07, 6.45) is -3.58. The zero-order chi connectivity index (χ0) is 21.9. The number of alkyl halides is 3. The lowest BCUT2D eigenvalue weighted by Crippen LogP contribution is -2.25. The number of amides is 1. The molecule has 0 unspecified atom stereocenters. The molecule has 1 amide bonds. The molecule has 0 saturated carbocycles. The summed E-state index contributed by atoms with van der Waals surface area (Å²) in [5.74, 6) is 0.773. The van der Waals surface area contributed by atoms with Crippen LogP contribution in [0.5, 0.6) is 5.75 Å². The van der Waals surface area contributed by atoms with Crippen LogP contribution in [0.15, 0.2) is 42.6 Å². The van der Waals surface area contributed by atoms with Crippen LogP contribution in [0.1, 0.15) is 28.1 Å². The molecule has 0 aliphatic heterocycles. The minimum atomic E-state index is -4.45. The first-order chi connectivity index (χ1) is 14.2. The van der Waals surface area contributed by atoms with Gasteiger partial charge < -0.3 is 10.1 Å². The second-order valence-electron chi connectivity index (χ2n) is 6.77. The molecule has 0 aliphatic carbocycles. The Bertz CT molecular complexity index is 1040. The maximum absolute atomic E-state index is 12.7. The van der Waals surface area contributed by atoms with Crippen LogP contribution in [0.25, 0.3) is 5.82 Å². The van der Waals surface area contributed by atoms with E-state index >= 15 is 0 Å². The van der Waals surface area contributed by atoms with Crippen molar-refractivity contribution in [3.63, 3.8) is 0 Å². The topological polar surface area (TPSA) is 69.0 Å². The van der Waals surface area contributed by atoms with E-state index in [4.69, 9.17) is 4.74 Å². The Kier molecular flexibility index (Phi) is 6.09. The number of hydrogen-bond acceptors (Lipinski definition) is 4. The van der Waals surface area contributed by atoms with E-state index in [0.717, 1.165) is 17.8 Å². The van der Waals surface area contributed by atoms with Gasteiger partial charge >= 0.3 is 6.18 Å². The van der Waals surface area contributed by atoms with E-state index < -0.39 is 11.7 Å². The second-order valence-corrected chi connectivity index (χ2v) is 6.77. The summed E-state index contributed by atoms with van der Waals surface area (Å²) < 4.78 is 44.8. The van der Waals surface area contributed by atoms with Crippen LogP contribution in [0.4, 0.5) is 13.2 Å². The molecular weight excluding hydrogens is 397 g/mol. The SMILES string of the molecule is COc1cccc(CNC(=O)Cc2c(C)nn(-c3ccc(C(F)(F)F)cn3)c2C)c1. The highest BCUT2D eigenvalue weighted by molar-refractivity contribution is 5.79. The number of nitrogens with one attached hydrogen (secondary N) is 1. The number of ether oxygens (including phenoxy) is 1. The molecule has 2 aromatic heterocycles. The monoisotopic (exact) mass is 418 g/mol. The van der Waals surface area contributed by atoms with Crippen molar-refractivity contribution in [1.82, 2.24) is 20.1 Å². The van der Waals surface area contributed by atoms with Crippen LogP contribution in [-0.2, 0) is 23.9 Å². The number of carbonyl (C=O) groups is 1. The van der Waals surface area contributed by atoms with Crippen LogP contribution in [0.2, 0.25) is 0 Å². The molecule has 0 aliphatic rings. The van der Waals surface area contributed by atoms with E-state index in [1.54, 1.807) is 21.0 Å². The summed E-state index contributed by atoms with van der Waals surface area (Å²) in [5, 5.41) is 7.20. The lowest BCUT2D eigenvalue weighted by atomic mass is 10.1. The van der Waals surface area contributed by atoms with Gasteiger partial charge in [0.15, 0.2) is 5.82 Å². The summed E-state index contributed by atoms with van der Waals surface area (Å²) in [6, 6.07) is 9.60. The lowest BCUT2D eigenvalue weighted by Gasteiger charge is -2.09. The van der Waals surface area contributed by atoms with E-state index in [2.05, 4.69) is 15.4 Å². The van der Waals surface area contributed by atoms with E-state index in [-0.39, 0.29) is 18.1 Å². The van der Waals surface area contributed by atoms with Gasteiger partial charge in [-0.25, -0.2) is 9.67 Å². The van der Waals surface area contributed by atoms with E-state index in [1.807, 2.05) is 24.3 Å². The Labute approximate surface area is 171 Å². The number of methoxy groups -OCH3 is 1. The fourth-order valence-electron chi connectivity index (χ4n) is 3.04. The Morgan fingerprint density at radius 2 is 1.97 bits per heavy atom. The molecule has 0 fully saturated rings. The van der Waals surface area contributed by atoms with Gasteiger partial charge in [-0.15, -0.1) is 0 Å². The minimum Gasteiger partial charge on any atom is -0.497 e. The number of benzene rings is 1. The van der Waals surface area contributed by atoms with Gasteiger partial charge in [0.05, 0.1) is 24.8 Å². The Balaban J connectivity index is 1.71. The molecule has 0 saturated heterocycles. The number of halogens is 3. The molecule has 3 rings (SSSR count). The van der Waals surface area contributed by atoms with Crippen molar-refractivity contribution in [2.45, 2.75) is 33.0 Å². The average molecular weight is 418 g/mol. The lowest BCUT2D eigenvalue weighted by molar-refractivity contribution is -0.137. The predicted octanol–water partition coefficient (Wildman–Crippen LogP) is 3.77. The van der Waals surface area contributed by atoms with E-state index in [0.29, 0.717) is 29.2 Å². The zero-order valence-electron chi connectivity index (χ0n) is 16.7. The molecule has 0 radical (unpaired) electrons. The normalized spacial score (nSPS) is 11.4. The maximum Gasteiger partial charge on any atom is 0.417 e. The third-order valence-electron chi connectivity index (χ3n) is 4.69. The average Bonchev–Trinajstić information content (AvgIpc) is 3.00. The van der Waals surface area contributed by atoms with Gasteiger partial charge in [-0.05, 0) is 43.7 Å².